The molecule has 0 bridgehead atoms. The molecular weight excluding hydrogens is 196 g/mol. The Labute approximate surface area is 91.0 Å². The molecule has 0 radical (unpaired) electrons. The Morgan fingerprint density at radius 3 is 2.27 bits per heavy atom. The fraction of sp³-hybridized carbons (Fsp3) is 0.900. The lowest BCUT2D eigenvalue weighted by atomic mass is 10.1. The van der Waals surface area contributed by atoms with Gasteiger partial charge in [0.05, 0.1) is 11.2 Å². The van der Waals surface area contributed by atoms with Crippen molar-refractivity contribution in [1.82, 2.24) is 5.32 Å². The Morgan fingerprint density at radius 2 is 2.07 bits per heavy atom. The van der Waals surface area contributed by atoms with Crippen LogP contribution in [0.1, 0.15) is 27.7 Å². The minimum Gasteiger partial charge on any atom is -0.389 e. The molecule has 0 atom stereocenters. The maximum absolute atomic E-state index is 10.5. The summed E-state index contributed by atoms with van der Waals surface area (Å²) >= 11 is 0. The van der Waals surface area contributed by atoms with E-state index < -0.39 is 5.60 Å². The zero-order valence-corrected chi connectivity index (χ0v) is 9.96. The highest BCUT2D eigenvalue weighted by Crippen LogP contribution is 2.09. The summed E-state index contributed by atoms with van der Waals surface area (Å²) in [4.78, 5) is 10.5. The van der Waals surface area contributed by atoms with Crippen LogP contribution in [0.4, 0.5) is 0 Å². The summed E-state index contributed by atoms with van der Waals surface area (Å²) in [5.74, 6) is -0.0191. The molecule has 1 heterocycles. The smallest absolute Gasteiger partial charge is 0.246 e. The molecule has 15 heavy (non-hydrogen) atoms. The van der Waals surface area contributed by atoms with Crippen molar-refractivity contribution in [3.05, 3.63) is 0 Å². The van der Waals surface area contributed by atoms with Gasteiger partial charge < -0.3 is 20.9 Å². The zero-order chi connectivity index (χ0) is 12.1. The van der Waals surface area contributed by atoms with E-state index in [2.05, 4.69) is 5.32 Å². The maximum Gasteiger partial charge on any atom is 0.246 e. The molecule has 1 rings (SSSR count). The number of morpholine rings is 1. The molecule has 1 fully saturated rings. The van der Waals surface area contributed by atoms with Crippen LogP contribution in [-0.2, 0) is 9.53 Å². The minimum atomic E-state index is -0.681. The van der Waals surface area contributed by atoms with Gasteiger partial charge in [0.2, 0.25) is 5.91 Å². The van der Waals surface area contributed by atoms with Gasteiger partial charge >= 0.3 is 0 Å². The van der Waals surface area contributed by atoms with Crippen molar-refractivity contribution >= 4 is 5.91 Å². The second-order valence-electron chi connectivity index (χ2n) is 4.84. The fourth-order valence-electron chi connectivity index (χ4n) is 0.674. The molecule has 1 amide bonds. The normalized spacial score (nSPS) is 20.0. The first-order valence-corrected chi connectivity index (χ1v) is 4.99. The largest absolute Gasteiger partial charge is 0.389 e. The molecule has 5 nitrogen and oxygen atoms in total. The number of carbonyl (C=O) groups is 1. The third kappa shape index (κ3) is 8.35. The number of ether oxygens (including phenoxy) is 1. The highest BCUT2D eigenvalue weighted by Gasteiger charge is 2.24. The van der Waals surface area contributed by atoms with Gasteiger partial charge in [-0.3, -0.25) is 4.79 Å². The van der Waals surface area contributed by atoms with Gasteiger partial charge in [-0.2, -0.15) is 0 Å². The Bertz CT molecular complexity index is 197. The van der Waals surface area contributed by atoms with E-state index in [-0.39, 0.29) is 18.1 Å². The molecule has 4 N–H and O–H groups in total. The second-order valence-corrected chi connectivity index (χ2v) is 4.84. The lowest BCUT2D eigenvalue weighted by molar-refractivity contribution is -0.139. The summed E-state index contributed by atoms with van der Waals surface area (Å²) in [5.41, 5.74) is 4.20. The first-order valence-electron chi connectivity index (χ1n) is 4.99. The molecule has 0 aromatic rings. The molecule has 5 heteroatoms. The molecule has 0 aromatic carbocycles. The van der Waals surface area contributed by atoms with Crippen LogP contribution >= 0.6 is 0 Å². The van der Waals surface area contributed by atoms with E-state index in [1.165, 1.54) is 0 Å². The fourth-order valence-corrected chi connectivity index (χ4v) is 0.674. The average molecular weight is 218 g/mol. The summed E-state index contributed by atoms with van der Waals surface area (Å²) < 4.78 is 5.17. The van der Waals surface area contributed by atoms with Crippen molar-refractivity contribution in [2.24, 2.45) is 5.73 Å². The van der Waals surface area contributed by atoms with Gasteiger partial charge in [-0.15, -0.1) is 0 Å². The van der Waals surface area contributed by atoms with Crippen molar-refractivity contribution in [3.63, 3.8) is 0 Å². The van der Waals surface area contributed by atoms with Gasteiger partial charge in [0.15, 0.2) is 0 Å². The van der Waals surface area contributed by atoms with Crippen LogP contribution in [0.2, 0.25) is 0 Å². The molecular formula is C10H22N2O3. The van der Waals surface area contributed by atoms with Crippen molar-refractivity contribution in [1.29, 1.82) is 0 Å². The van der Waals surface area contributed by atoms with Gasteiger partial charge in [-0.25, -0.2) is 0 Å². The number of aliphatic hydroxyl groups is 1. The Balaban J connectivity index is 0.000000288. The van der Waals surface area contributed by atoms with Gasteiger partial charge in [0, 0.05) is 13.1 Å². The van der Waals surface area contributed by atoms with Crippen LogP contribution in [-0.4, -0.2) is 41.9 Å². The number of hydrogen-bond donors (Lipinski definition) is 3. The number of rotatable bonds is 1. The molecule has 0 saturated carbocycles. The number of nitrogens with one attached hydrogen (secondary N) is 1. The van der Waals surface area contributed by atoms with Crippen LogP contribution in [0.15, 0.2) is 0 Å². The van der Waals surface area contributed by atoms with E-state index in [0.29, 0.717) is 13.1 Å². The van der Waals surface area contributed by atoms with E-state index in [9.17, 15) is 4.79 Å². The molecule has 1 aliphatic rings. The monoisotopic (exact) mass is 218 g/mol. The highest BCUT2D eigenvalue weighted by molar-refractivity contribution is 5.77. The Hall–Kier alpha value is -0.650. The summed E-state index contributed by atoms with van der Waals surface area (Å²) in [7, 11) is 0. The quantitative estimate of drug-likeness (QED) is 0.560. The summed E-state index contributed by atoms with van der Waals surface area (Å²) in [5, 5.41) is 11.4. The van der Waals surface area contributed by atoms with E-state index in [1.807, 2.05) is 13.8 Å². The standard InChI is InChI=1S/C6H11NO2.C4H11NO/c1-6(2)4-7-5(8)3-9-6;1-4(2,6)3-5/h3-4H2,1-2H3,(H,7,8);6H,3,5H2,1-2H3. The molecule has 0 aliphatic carbocycles. The third-order valence-corrected chi connectivity index (χ3v) is 1.80. The summed E-state index contributed by atoms with van der Waals surface area (Å²) in [6, 6.07) is 0. The summed E-state index contributed by atoms with van der Waals surface area (Å²) in [6.07, 6.45) is 0. The van der Waals surface area contributed by atoms with E-state index in [0.717, 1.165) is 0 Å². The Kier molecular flexibility index (Phi) is 5.20. The molecule has 90 valence electrons. The van der Waals surface area contributed by atoms with Gasteiger partial charge in [0.25, 0.3) is 0 Å². The average Bonchev–Trinajstić information content (AvgIpc) is 2.10. The number of hydrogen-bond acceptors (Lipinski definition) is 4. The van der Waals surface area contributed by atoms with Gasteiger partial charge in [-0.05, 0) is 27.7 Å². The maximum atomic E-state index is 10.5. The van der Waals surface area contributed by atoms with Crippen LogP contribution in [0.5, 0.6) is 0 Å². The highest BCUT2D eigenvalue weighted by atomic mass is 16.5. The van der Waals surface area contributed by atoms with Crippen molar-refractivity contribution in [2.75, 3.05) is 19.7 Å². The number of amides is 1. The van der Waals surface area contributed by atoms with Crippen LogP contribution in [0, 0.1) is 0 Å². The molecule has 1 aliphatic heterocycles. The molecule has 0 unspecified atom stereocenters. The van der Waals surface area contributed by atoms with Gasteiger partial charge in [-0.1, -0.05) is 0 Å². The lowest BCUT2D eigenvalue weighted by Crippen LogP contribution is -2.48. The first kappa shape index (κ1) is 14.3. The molecule has 0 spiro atoms. The van der Waals surface area contributed by atoms with Gasteiger partial charge in [0.1, 0.15) is 6.61 Å². The number of carbonyl (C=O) groups excluding carboxylic acids is 1. The van der Waals surface area contributed by atoms with Crippen molar-refractivity contribution in [3.8, 4) is 0 Å². The van der Waals surface area contributed by atoms with E-state index >= 15 is 0 Å². The van der Waals surface area contributed by atoms with Crippen LogP contribution in [0.25, 0.3) is 0 Å². The molecule has 0 aromatic heterocycles. The first-order chi connectivity index (χ1) is 6.66. The van der Waals surface area contributed by atoms with Crippen molar-refractivity contribution in [2.45, 2.75) is 38.9 Å². The summed E-state index contributed by atoms with van der Waals surface area (Å²) in [6.45, 7) is 8.39. The zero-order valence-electron chi connectivity index (χ0n) is 9.96. The predicted molar refractivity (Wildman–Crippen MR) is 58.4 cm³/mol. The van der Waals surface area contributed by atoms with E-state index in [4.69, 9.17) is 15.6 Å². The van der Waals surface area contributed by atoms with E-state index in [1.54, 1.807) is 13.8 Å². The topological polar surface area (TPSA) is 84.6 Å². The minimum absolute atomic E-state index is 0.0191. The van der Waals surface area contributed by atoms with Crippen molar-refractivity contribution < 1.29 is 14.6 Å². The second kappa shape index (κ2) is 5.44. The lowest BCUT2D eigenvalue weighted by Gasteiger charge is -2.29. The number of nitrogens with two attached hydrogens (primary N) is 1. The SMILES string of the molecule is CC(C)(O)CN.CC1(C)CNC(=O)CO1. The molecule has 1 saturated heterocycles. The predicted octanol–water partition coefficient (Wildman–Crippen LogP) is -0.373. The van der Waals surface area contributed by atoms with Crippen LogP contribution < -0.4 is 11.1 Å². The Morgan fingerprint density at radius 1 is 1.60 bits per heavy atom. The van der Waals surface area contributed by atoms with Crippen LogP contribution in [0.3, 0.4) is 0 Å². The third-order valence-electron chi connectivity index (χ3n) is 1.80.